The molecule has 0 bridgehead atoms. The average molecular weight is 157 g/mol. The van der Waals surface area contributed by atoms with Gasteiger partial charge in [0.1, 0.15) is 5.75 Å². The highest BCUT2D eigenvalue weighted by Crippen LogP contribution is 2.23. The second kappa shape index (κ2) is 2.86. The number of hydrogen-bond donors (Lipinski definition) is 0. The summed E-state index contributed by atoms with van der Waals surface area (Å²) in [6.07, 6.45) is 0. The van der Waals surface area contributed by atoms with Gasteiger partial charge in [-0.15, -0.1) is 0 Å². The topological polar surface area (TPSA) is 9.23 Å². The molecule has 0 unspecified atom stereocenters. The minimum atomic E-state index is 0.907. The molecule has 2 rings (SSSR count). The summed E-state index contributed by atoms with van der Waals surface area (Å²) in [5.41, 5.74) is 0. The number of methoxy groups -OCH3 is 1. The number of benzene rings is 2. The fourth-order valence-electron chi connectivity index (χ4n) is 1.30. The van der Waals surface area contributed by atoms with Gasteiger partial charge in [-0.3, -0.25) is 0 Å². The van der Waals surface area contributed by atoms with Gasteiger partial charge in [-0.25, -0.2) is 0 Å². The lowest BCUT2D eigenvalue weighted by molar-refractivity contribution is 0.420. The van der Waals surface area contributed by atoms with Crippen molar-refractivity contribution in [3.63, 3.8) is 0 Å². The number of rotatable bonds is 1. The maximum atomic E-state index is 5.21. The Balaban J connectivity index is 2.79. The van der Waals surface area contributed by atoms with E-state index in [4.69, 9.17) is 4.74 Å². The van der Waals surface area contributed by atoms with E-state index in [9.17, 15) is 0 Å². The smallest absolute Gasteiger partial charge is 0.126 e. The molecular weight excluding hydrogens is 148 g/mol. The highest BCUT2D eigenvalue weighted by molar-refractivity contribution is 5.87. The molecule has 0 aliphatic carbocycles. The van der Waals surface area contributed by atoms with Crippen LogP contribution in [0.3, 0.4) is 0 Å². The molecule has 0 fully saturated rings. The predicted molar refractivity (Wildman–Crippen MR) is 49.3 cm³/mol. The monoisotopic (exact) mass is 157 g/mol. The van der Waals surface area contributed by atoms with Crippen LogP contribution < -0.4 is 4.74 Å². The lowest BCUT2D eigenvalue weighted by Gasteiger charge is -2.03. The first-order chi connectivity index (χ1) is 5.92. The number of hydrogen-bond acceptors (Lipinski definition) is 1. The first-order valence-electron chi connectivity index (χ1n) is 3.85. The maximum absolute atomic E-state index is 5.21. The fraction of sp³-hybridized carbons (Fsp3) is 0.0909. The largest absolute Gasteiger partial charge is 0.496 e. The zero-order chi connectivity index (χ0) is 8.39. The standard InChI is InChI=1S/C11H9O/c1-12-11-8-4-6-9-5-2-3-7-10(9)11/h2-4,6-8H,1H3. The second-order valence-corrected chi connectivity index (χ2v) is 2.59. The Morgan fingerprint density at radius 2 is 2.08 bits per heavy atom. The third-order valence-corrected chi connectivity index (χ3v) is 1.88. The van der Waals surface area contributed by atoms with Crippen molar-refractivity contribution in [1.82, 2.24) is 0 Å². The molecule has 1 radical (unpaired) electrons. The van der Waals surface area contributed by atoms with E-state index in [1.54, 1.807) is 7.11 Å². The molecule has 0 aliphatic rings. The van der Waals surface area contributed by atoms with E-state index >= 15 is 0 Å². The summed E-state index contributed by atoms with van der Waals surface area (Å²) < 4.78 is 5.21. The summed E-state index contributed by atoms with van der Waals surface area (Å²) in [4.78, 5) is 0. The Bertz CT molecular complexity index is 388. The molecule has 0 aromatic heterocycles. The van der Waals surface area contributed by atoms with E-state index < -0.39 is 0 Å². The maximum Gasteiger partial charge on any atom is 0.126 e. The molecule has 0 saturated heterocycles. The predicted octanol–water partition coefficient (Wildman–Crippen LogP) is 2.65. The van der Waals surface area contributed by atoms with Crippen molar-refractivity contribution >= 4 is 10.8 Å². The zero-order valence-electron chi connectivity index (χ0n) is 6.87. The normalized spacial score (nSPS) is 10.1. The van der Waals surface area contributed by atoms with E-state index in [1.165, 1.54) is 0 Å². The number of fused-ring (bicyclic) bond motifs is 1. The molecule has 0 saturated carbocycles. The Hall–Kier alpha value is -1.50. The molecule has 0 atom stereocenters. The molecule has 2 aromatic carbocycles. The first kappa shape index (κ1) is 7.17. The fourth-order valence-corrected chi connectivity index (χ4v) is 1.30. The van der Waals surface area contributed by atoms with E-state index in [0.717, 1.165) is 16.5 Å². The molecule has 12 heavy (non-hydrogen) atoms. The van der Waals surface area contributed by atoms with Crippen LogP contribution in [0, 0.1) is 6.07 Å². The Kier molecular flexibility index (Phi) is 1.71. The van der Waals surface area contributed by atoms with Crippen molar-refractivity contribution in [1.29, 1.82) is 0 Å². The lowest BCUT2D eigenvalue weighted by Crippen LogP contribution is -1.83. The molecule has 1 nitrogen and oxygen atoms in total. The molecule has 0 spiro atoms. The average Bonchev–Trinajstić information content (AvgIpc) is 2.17. The van der Waals surface area contributed by atoms with Crippen molar-refractivity contribution in [2.75, 3.05) is 7.11 Å². The molecular formula is C11H9O. The minimum absolute atomic E-state index is 0.907. The molecule has 2 aromatic rings. The minimum Gasteiger partial charge on any atom is -0.496 e. The van der Waals surface area contributed by atoms with Crippen LogP contribution in [0.1, 0.15) is 0 Å². The first-order valence-corrected chi connectivity index (χ1v) is 3.85. The highest BCUT2D eigenvalue weighted by Gasteiger charge is 1.97. The van der Waals surface area contributed by atoms with E-state index in [0.29, 0.717) is 0 Å². The van der Waals surface area contributed by atoms with Crippen LogP contribution in [0.2, 0.25) is 0 Å². The van der Waals surface area contributed by atoms with Crippen molar-refractivity contribution in [2.24, 2.45) is 0 Å². The Morgan fingerprint density at radius 1 is 1.17 bits per heavy atom. The van der Waals surface area contributed by atoms with Gasteiger partial charge in [0.2, 0.25) is 0 Å². The highest BCUT2D eigenvalue weighted by atomic mass is 16.5. The van der Waals surface area contributed by atoms with E-state index in [1.807, 2.05) is 36.4 Å². The summed E-state index contributed by atoms with van der Waals surface area (Å²) in [5, 5.41) is 2.21. The van der Waals surface area contributed by atoms with Gasteiger partial charge in [-0.05, 0) is 17.5 Å². The summed E-state index contributed by atoms with van der Waals surface area (Å²) in [6, 6.07) is 15.0. The van der Waals surface area contributed by atoms with Gasteiger partial charge in [0, 0.05) is 5.39 Å². The summed E-state index contributed by atoms with van der Waals surface area (Å²) in [5.74, 6) is 0.907. The van der Waals surface area contributed by atoms with Crippen LogP contribution in [-0.4, -0.2) is 7.11 Å². The zero-order valence-corrected chi connectivity index (χ0v) is 6.87. The van der Waals surface area contributed by atoms with E-state index in [2.05, 4.69) is 6.07 Å². The molecule has 0 heterocycles. The Labute approximate surface area is 71.6 Å². The van der Waals surface area contributed by atoms with Gasteiger partial charge in [-0.1, -0.05) is 30.3 Å². The van der Waals surface area contributed by atoms with E-state index in [-0.39, 0.29) is 0 Å². The molecule has 0 amide bonds. The van der Waals surface area contributed by atoms with Gasteiger partial charge in [0.05, 0.1) is 7.11 Å². The summed E-state index contributed by atoms with van der Waals surface area (Å²) in [7, 11) is 1.68. The van der Waals surface area contributed by atoms with Crippen LogP contribution in [0.15, 0.2) is 36.4 Å². The second-order valence-electron chi connectivity index (χ2n) is 2.59. The number of ether oxygens (including phenoxy) is 1. The lowest BCUT2D eigenvalue weighted by atomic mass is 10.1. The summed E-state index contributed by atoms with van der Waals surface area (Å²) in [6.45, 7) is 0. The van der Waals surface area contributed by atoms with Crippen LogP contribution in [0.4, 0.5) is 0 Å². The third kappa shape index (κ3) is 1.03. The van der Waals surface area contributed by atoms with Crippen LogP contribution in [0.25, 0.3) is 10.8 Å². The summed E-state index contributed by atoms with van der Waals surface area (Å²) >= 11 is 0. The van der Waals surface area contributed by atoms with Crippen LogP contribution in [-0.2, 0) is 0 Å². The molecule has 59 valence electrons. The SMILES string of the molecule is COc1cccc2[c]cccc12. The van der Waals surface area contributed by atoms with Crippen LogP contribution >= 0.6 is 0 Å². The van der Waals surface area contributed by atoms with Crippen molar-refractivity contribution < 1.29 is 4.74 Å². The molecule has 0 aliphatic heterocycles. The van der Waals surface area contributed by atoms with Gasteiger partial charge >= 0.3 is 0 Å². The molecule has 1 heteroatoms. The quantitative estimate of drug-likeness (QED) is 0.618. The van der Waals surface area contributed by atoms with Gasteiger partial charge < -0.3 is 4.74 Å². The third-order valence-electron chi connectivity index (χ3n) is 1.88. The Morgan fingerprint density at radius 3 is 2.92 bits per heavy atom. The van der Waals surface area contributed by atoms with Gasteiger partial charge in [-0.2, -0.15) is 0 Å². The van der Waals surface area contributed by atoms with Crippen LogP contribution in [0.5, 0.6) is 5.75 Å². The van der Waals surface area contributed by atoms with Gasteiger partial charge in [0.25, 0.3) is 0 Å². The molecule has 0 N–H and O–H groups in total. The van der Waals surface area contributed by atoms with Crippen molar-refractivity contribution in [3.8, 4) is 5.75 Å². The van der Waals surface area contributed by atoms with Crippen molar-refractivity contribution in [3.05, 3.63) is 42.5 Å². The van der Waals surface area contributed by atoms with Gasteiger partial charge in [0.15, 0.2) is 0 Å². The van der Waals surface area contributed by atoms with Crippen molar-refractivity contribution in [2.45, 2.75) is 0 Å².